The summed E-state index contributed by atoms with van der Waals surface area (Å²) in [7, 11) is 0. The van der Waals surface area contributed by atoms with Crippen LogP contribution < -0.4 is 0 Å². The van der Waals surface area contributed by atoms with Gasteiger partial charge in [0.2, 0.25) is 0 Å². The third-order valence-electron chi connectivity index (χ3n) is 5.68. The van der Waals surface area contributed by atoms with Gasteiger partial charge in [-0.25, -0.2) is 9.97 Å². The first-order valence-electron chi connectivity index (χ1n) is 11.6. The van der Waals surface area contributed by atoms with Crippen molar-refractivity contribution >= 4 is 66.2 Å². The first kappa shape index (κ1) is 23.7. The van der Waals surface area contributed by atoms with Crippen LogP contribution in [0.15, 0.2) is 133 Å². The summed E-state index contributed by atoms with van der Waals surface area (Å²) < 4.78 is 1.14. The third-order valence-corrected chi connectivity index (χ3v) is 6.40. The highest BCUT2D eigenvalue weighted by atomic mass is 127. The Bertz CT molecular complexity index is 1420. The summed E-state index contributed by atoms with van der Waals surface area (Å²) in [6, 6.07) is 44.2. The first-order chi connectivity index (χ1) is 17.7. The van der Waals surface area contributed by atoms with Gasteiger partial charge in [0.25, 0.3) is 0 Å². The molecule has 0 unspecified atom stereocenters. The zero-order valence-corrected chi connectivity index (χ0v) is 21.6. The summed E-state index contributed by atoms with van der Waals surface area (Å²) in [5, 5.41) is 13.6. The van der Waals surface area contributed by atoms with Crippen molar-refractivity contribution in [2.24, 2.45) is 0 Å². The molecule has 5 aromatic carbocycles. The van der Waals surface area contributed by atoms with Gasteiger partial charge in [0.1, 0.15) is 5.75 Å². The Morgan fingerprint density at radius 2 is 0.722 bits per heavy atom. The molecule has 4 heteroatoms. The number of fused-ring (bicyclic) bond motifs is 4. The standard InChI is InChI=1S/2C13H9N.C6H5IO/c2*1-3-7-12-10(5-1)9-11-6-2-4-8-13(11)14-12;7-5-1-3-6(8)4-2-5/h2*1-9H;1-4,8H. The Morgan fingerprint density at radius 1 is 0.417 bits per heavy atom. The lowest BCUT2D eigenvalue weighted by Gasteiger charge is -1.99. The molecule has 0 fully saturated rings. The maximum absolute atomic E-state index is 8.75. The second-order valence-electron chi connectivity index (χ2n) is 8.22. The van der Waals surface area contributed by atoms with Gasteiger partial charge in [0, 0.05) is 25.1 Å². The molecular formula is C32H23IN2O. The normalized spacial score (nSPS) is 10.5. The van der Waals surface area contributed by atoms with Crippen molar-refractivity contribution in [3.05, 3.63) is 137 Å². The van der Waals surface area contributed by atoms with Gasteiger partial charge in [-0.3, -0.25) is 0 Å². The number of pyridine rings is 2. The molecule has 0 aliphatic rings. The largest absolute Gasteiger partial charge is 0.508 e. The quantitative estimate of drug-likeness (QED) is 0.145. The number of phenolic OH excluding ortho intramolecular Hbond substituents is 1. The molecule has 0 bridgehead atoms. The van der Waals surface area contributed by atoms with Gasteiger partial charge in [-0.1, -0.05) is 72.8 Å². The number of rotatable bonds is 0. The maximum Gasteiger partial charge on any atom is 0.115 e. The van der Waals surface area contributed by atoms with E-state index in [1.807, 2.05) is 84.9 Å². The van der Waals surface area contributed by atoms with Gasteiger partial charge in [0.05, 0.1) is 22.1 Å². The van der Waals surface area contributed by atoms with Gasteiger partial charge >= 0.3 is 0 Å². The van der Waals surface area contributed by atoms with Gasteiger partial charge in [0.15, 0.2) is 0 Å². The number of phenols is 1. The molecular weight excluding hydrogens is 555 g/mol. The molecule has 0 aliphatic carbocycles. The van der Waals surface area contributed by atoms with Crippen LogP contribution in [0.2, 0.25) is 0 Å². The number of hydrogen-bond acceptors (Lipinski definition) is 3. The van der Waals surface area contributed by atoms with Crippen LogP contribution in [0, 0.1) is 3.57 Å². The Balaban J connectivity index is 0.000000116. The predicted molar refractivity (Wildman–Crippen MR) is 159 cm³/mol. The van der Waals surface area contributed by atoms with Gasteiger partial charge in [-0.15, -0.1) is 0 Å². The molecule has 0 spiro atoms. The fourth-order valence-electron chi connectivity index (χ4n) is 3.88. The number of hydrogen-bond donors (Lipinski definition) is 1. The van der Waals surface area contributed by atoms with Crippen LogP contribution in [-0.4, -0.2) is 15.1 Å². The lowest BCUT2D eigenvalue weighted by molar-refractivity contribution is 0.475. The Morgan fingerprint density at radius 3 is 1.03 bits per heavy atom. The number of aromatic nitrogens is 2. The van der Waals surface area contributed by atoms with Crippen LogP contribution in [0.1, 0.15) is 0 Å². The van der Waals surface area contributed by atoms with Crippen molar-refractivity contribution in [1.29, 1.82) is 0 Å². The van der Waals surface area contributed by atoms with Gasteiger partial charge in [-0.05, 0) is 83.3 Å². The lowest BCUT2D eigenvalue weighted by atomic mass is 10.1. The van der Waals surface area contributed by atoms with E-state index in [0.717, 1.165) is 25.6 Å². The molecule has 7 rings (SSSR count). The highest BCUT2D eigenvalue weighted by Gasteiger charge is 1.98. The third kappa shape index (κ3) is 5.78. The lowest BCUT2D eigenvalue weighted by Crippen LogP contribution is -1.80. The first-order valence-corrected chi connectivity index (χ1v) is 12.7. The molecule has 2 aromatic heterocycles. The molecule has 0 radical (unpaired) electrons. The van der Waals surface area contributed by atoms with Gasteiger partial charge < -0.3 is 5.11 Å². The molecule has 1 N–H and O–H groups in total. The molecule has 174 valence electrons. The zero-order valence-electron chi connectivity index (χ0n) is 19.4. The van der Waals surface area contributed by atoms with Crippen molar-refractivity contribution < 1.29 is 5.11 Å². The van der Waals surface area contributed by atoms with E-state index >= 15 is 0 Å². The smallest absolute Gasteiger partial charge is 0.115 e. The fraction of sp³-hybridized carbons (Fsp3) is 0. The van der Waals surface area contributed by atoms with Crippen LogP contribution in [0.3, 0.4) is 0 Å². The Labute approximate surface area is 223 Å². The summed E-state index contributed by atoms with van der Waals surface area (Å²) in [5.41, 5.74) is 4.25. The van der Waals surface area contributed by atoms with Crippen LogP contribution in [0.4, 0.5) is 0 Å². The van der Waals surface area contributed by atoms with E-state index in [-0.39, 0.29) is 0 Å². The molecule has 36 heavy (non-hydrogen) atoms. The summed E-state index contributed by atoms with van der Waals surface area (Å²) in [6.45, 7) is 0. The monoisotopic (exact) mass is 578 g/mol. The molecule has 2 heterocycles. The molecule has 0 aliphatic heterocycles. The van der Waals surface area contributed by atoms with E-state index in [1.165, 1.54) is 21.5 Å². The number of para-hydroxylation sites is 4. The van der Waals surface area contributed by atoms with Crippen molar-refractivity contribution in [1.82, 2.24) is 9.97 Å². The Kier molecular flexibility index (Phi) is 7.33. The second kappa shape index (κ2) is 11.1. The van der Waals surface area contributed by atoms with E-state index in [0.29, 0.717) is 5.75 Å². The highest BCUT2D eigenvalue weighted by molar-refractivity contribution is 14.1. The minimum Gasteiger partial charge on any atom is -0.508 e. The average Bonchev–Trinajstić information content (AvgIpc) is 2.93. The molecule has 0 saturated heterocycles. The van der Waals surface area contributed by atoms with Gasteiger partial charge in [-0.2, -0.15) is 0 Å². The predicted octanol–water partition coefficient (Wildman–Crippen LogP) is 8.77. The fourth-order valence-corrected chi connectivity index (χ4v) is 4.24. The number of benzene rings is 5. The molecule has 0 amide bonds. The van der Waals surface area contributed by atoms with Crippen molar-refractivity contribution in [2.45, 2.75) is 0 Å². The summed E-state index contributed by atoms with van der Waals surface area (Å²) in [6.07, 6.45) is 0. The second-order valence-corrected chi connectivity index (χ2v) is 9.47. The van der Waals surface area contributed by atoms with Crippen molar-refractivity contribution in [3.8, 4) is 5.75 Å². The zero-order chi connectivity index (χ0) is 24.7. The Hall–Kier alpha value is -4.03. The average molecular weight is 578 g/mol. The minimum absolute atomic E-state index is 0.324. The van der Waals surface area contributed by atoms with Crippen molar-refractivity contribution in [3.63, 3.8) is 0 Å². The number of halogens is 1. The minimum atomic E-state index is 0.324. The van der Waals surface area contributed by atoms with E-state index in [1.54, 1.807) is 12.1 Å². The molecule has 0 saturated carbocycles. The number of nitrogens with zero attached hydrogens (tertiary/aromatic N) is 2. The van der Waals surface area contributed by atoms with E-state index in [4.69, 9.17) is 5.11 Å². The molecule has 0 atom stereocenters. The topological polar surface area (TPSA) is 46.0 Å². The van der Waals surface area contributed by atoms with Crippen LogP contribution in [0.5, 0.6) is 5.75 Å². The highest BCUT2D eigenvalue weighted by Crippen LogP contribution is 2.19. The SMILES string of the molecule is Oc1ccc(I)cc1.c1ccc2nc3ccccc3cc2c1.c1ccc2nc3ccccc3cc2c1. The maximum atomic E-state index is 8.75. The van der Waals surface area contributed by atoms with E-state index < -0.39 is 0 Å². The van der Waals surface area contributed by atoms with Crippen LogP contribution in [-0.2, 0) is 0 Å². The van der Waals surface area contributed by atoms with E-state index in [2.05, 4.69) is 69.0 Å². The molecule has 7 aromatic rings. The summed E-state index contributed by atoms with van der Waals surface area (Å²) in [4.78, 5) is 9.16. The van der Waals surface area contributed by atoms with Crippen LogP contribution >= 0.6 is 22.6 Å². The summed E-state index contributed by atoms with van der Waals surface area (Å²) in [5.74, 6) is 0.324. The van der Waals surface area contributed by atoms with E-state index in [9.17, 15) is 0 Å². The summed E-state index contributed by atoms with van der Waals surface area (Å²) >= 11 is 2.19. The molecule has 3 nitrogen and oxygen atoms in total. The van der Waals surface area contributed by atoms with Crippen molar-refractivity contribution in [2.75, 3.05) is 0 Å². The number of aromatic hydroxyl groups is 1. The van der Waals surface area contributed by atoms with Crippen LogP contribution in [0.25, 0.3) is 43.6 Å².